The second kappa shape index (κ2) is 12.5. The van der Waals surface area contributed by atoms with Crippen LogP contribution in [0.4, 0.5) is 0 Å². The Labute approximate surface area is 262 Å². The molecule has 210 valence electrons. The Hall–Kier alpha value is -5.32. The van der Waals surface area contributed by atoms with E-state index in [0.29, 0.717) is 23.9 Å². The van der Waals surface area contributed by atoms with Gasteiger partial charge < -0.3 is 0 Å². The van der Waals surface area contributed by atoms with Crippen molar-refractivity contribution in [3.8, 4) is 45.3 Å². The zero-order valence-electron chi connectivity index (χ0n) is 24.1. The fourth-order valence-corrected chi connectivity index (χ4v) is 6.57. The molecule has 0 unspecified atom stereocenters. The molecule has 5 aromatic carbocycles. The van der Waals surface area contributed by atoms with Gasteiger partial charge in [0.1, 0.15) is 0 Å². The van der Waals surface area contributed by atoms with Crippen LogP contribution in [0, 0.1) is 0 Å². The van der Waals surface area contributed by atoms with Crippen LogP contribution in [0.5, 0.6) is 0 Å². The normalized spacial score (nSPS) is 14.1. The Morgan fingerprint density at radius 2 is 1.00 bits per heavy atom. The van der Waals surface area contributed by atoms with E-state index in [9.17, 15) is 0 Å². The topological polar surface area (TPSA) is 38.7 Å². The van der Waals surface area contributed by atoms with Crippen LogP contribution in [0.15, 0.2) is 168 Å². The third kappa shape index (κ3) is 5.68. The average molecular weight is 584 g/mol. The molecule has 0 radical (unpaired) electrons. The van der Waals surface area contributed by atoms with E-state index in [0.717, 1.165) is 33.4 Å². The number of hydrogen-bond donors (Lipinski definition) is 0. The quantitative estimate of drug-likeness (QED) is 0.208. The summed E-state index contributed by atoms with van der Waals surface area (Å²) < 4.78 is 0. The molecule has 2 heterocycles. The van der Waals surface area contributed by atoms with Gasteiger partial charge in [0.05, 0.1) is 0 Å². The van der Waals surface area contributed by atoms with Gasteiger partial charge in [-0.2, -0.15) is 0 Å². The predicted octanol–water partition coefficient (Wildman–Crippen LogP) is 10.4. The number of benzene rings is 5. The summed E-state index contributed by atoms with van der Waals surface area (Å²) in [6.07, 6.45) is 9.16. The van der Waals surface area contributed by atoms with Crippen molar-refractivity contribution in [1.29, 1.82) is 0 Å². The van der Waals surface area contributed by atoms with E-state index in [1.165, 1.54) is 20.9 Å². The number of fused-ring (bicyclic) bond motifs is 4. The molecule has 6 aromatic rings. The lowest BCUT2D eigenvalue weighted by Crippen LogP contribution is -2.03. The summed E-state index contributed by atoms with van der Waals surface area (Å²) in [6, 6.07) is 43.8. The van der Waals surface area contributed by atoms with E-state index < -0.39 is 0 Å². The van der Waals surface area contributed by atoms with Crippen molar-refractivity contribution in [1.82, 2.24) is 15.0 Å². The maximum atomic E-state index is 5.07. The maximum Gasteiger partial charge on any atom is 0.164 e. The molecule has 3 nitrogen and oxygen atoms in total. The Morgan fingerprint density at radius 1 is 0.477 bits per heavy atom. The maximum absolute atomic E-state index is 5.07. The SMILES string of the molecule is C=C1/C=C\C=C/Cc2c(-c3nc(-c4ccccc4)nc(-c4ccccc4)n3)cccc2-c2ccccc2Sc2ccccc21. The molecule has 0 fully saturated rings. The van der Waals surface area contributed by atoms with Crippen LogP contribution >= 0.6 is 11.8 Å². The highest BCUT2D eigenvalue weighted by Gasteiger charge is 2.19. The molecule has 44 heavy (non-hydrogen) atoms. The minimum absolute atomic E-state index is 0.654. The van der Waals surface area contributed by atoms with E-state index in [1.807, 2.05) is 60.7 Å². The van der Waals surface area contributed by atoms with E-state index in [1.54, 1.807) is 11.8 Å². The predicted molar refractivity (Wildman–Crippen MR) is 183 cm³/mol. The lowest BCUT2D eigenvalue weighted by atomic mass is 9.92. The molecule has 1 aromatic heterocycles. The lowest BCUT2D eigenvalue weighted by molar-refractivity contribution is 1.07. The summed E-state index contributed by atoms with van der Waals surface area (Å²) in [6.45, 7) is 4.37. The van der Waals surface area contributed by atoms with Crippen LogP contribution < -0.4 is 0 Å². The van der Waals surface area contributed by atoms with E-state index >= 15 is 0 Å². The summed E-state index contributed by atoms with van der Waals surface area (Å²) in [5.74, 6) is 1.97. The van der Waals surface area contributed by atoms with Crippen molar-refractivity contribution in [2.75, 3.05) is 0 Å². The molecule has 4 heteroatoms. The Bertz CT molecular complexity index is 1970. The van der Waals surface area contributed by atoms with Crippen molar-refractivity contribution in [3.05, 3.63) is 169 Å². The van der Waals surface area contributed by atoms with Gasteiger partial charge in [-0.25, -0.2) is 15.0 Å². The fourth-order valence-electron chi connectivity index (χ4n) is 5.44. The zero-order valence-corrected chi connectivity index (χ0v) is 24.9. The van der Waals surface area contributed by atoms with Gasteiger partial charge in [0, 0.05) is 26.5 Å². The molecule has 7 rings (SSSR count). The van der Waals surface area contributed by atoms with Gasteiger partial charge in [-0.1, -0.05) is 158 Å². The summed E-state index contributed by atoms with van der Waals surface area (Å²) in [7, 11) is 0. The van der Waals surface area contributed by atoms with Crippen molar-refractivity contribution in [3.63, 3.8) is 0 Å². The molecule has 1 aliphatic rings. The van der Waals surface area contributed by atoms with Gasteiger partial charge in [-0.05, 0) is 46.4 Å². The highest BCUT2D eigenvalue weighted by atomic mass is 32.2. The van der Waals surface area contributed by atoms with Crippen molar-refractivity contribution in [2.24, 2.45) is 0 Å². The van der Waals surface area contributed by atoms with Crippen LogP contribution in [0.1, 0.15) is 11.1 Å². The number of aromatic nitrogens is 3. The second-order valence-electron chi connectivity index (χ2n) is 10.5. The smallest absolute Gasteiger partial charge is 0.164 e. The Morgan fingerprint density at radius 3 is 1.68 bits per heavy atom. The summed E-state index contributed by atoms with van der Waals surface area (Å²) >= 11 is 1.77. The molecule has 0 saturated carbocycles. The van der Waals surface area contributed by atoms with E-state index in [-0.39, 0.29) is 0 Å². The molecule has 0 amide bonds. The second-order valence-corrected chi connectivity index (χ2v) is 11.6. The molecule has 0 saturated heterocycles. The largest absolute Gasteiger partial charge is 0.208 e. The first kappa shape index (κ1) is 27.5. The van der Waals surface area contributed by atoms with E-state index in [2.05, 4.69) is 97.6 Å². The first-order valence-corrected chi connectivity index (χ1v) is 15.4. The standard InChI is InChI=1S/C40H29N3S/c1-28-16-5-2-10-22-33-32(34-23-12-14-27-37(34)44-36-26-13-11-21-31(28)36)24-15-25-35(33)40-42-38(29-17-6-3-7-18-29)41-39(43-40)30-19-8-4-9-20-30/h2-21,23-27H,1,22H2/b10-2-,16-5-. The van der Waals surface area contributed by atoms with Crippen molar-refractivity contribution >= 4 is 17.3 Å². The fraction of sp³-hybridized carbons (Fsp3) is 0.0250. The number of rotatable bonds is 3. The number of allylic oxidation sites excluding steroid dienone is 5. The lowest BCUT2D eigenvalue weighted by Gasteiger charge is -2.17. The molecular weight excluding hydrogens is 555 g/mol. The molecule has 0 atom stereocenters. The summed E-state index contributed by atoms with van der Waals surface area (Å²) in [5.41, 5.74) is 8.53. The minimum Gasteiger partial charge on any atom is -0.208 e. The van der Waals surface area contributed by atoms with Crippen molar-refractivity contribution < 1.29 is 0 Å². The highest BCUT2D eigenvalue weighted by Crippen LogP contribution is 2.42. The van der Waals surface area contributed by atoms with Gasteiger partial charge in [0.15, 0.2) is 17.5 Å². The van der Waals surface area contributed by atoms with Gasteiger partial charge in [-0.3, -0.25) is 0 Å². The first-order valence-electron chi connectivity index (χ1n) is 14.6. The number of nitrogens with zero attached hydrogens (tertiary/aromatic N) is 3. The molecule has 0 bridgehead atoms. The van der Waals surface area contributed by atoms with Crippen LogP contribution in [0.2, 0.25) is 0 Å². The number of hydrogen-bond acceptors (Lipinski definition) is 4. The third-order valence-corrected chi connectivity index (χ3v) is 8.76. The van der Waals surface area contributed by atoms with Crippen LogP contribution in [0.3, 0.4) is 0 Å². The monoisotopic (exact) mass is 583 g/mol. The molecular formula is C40H29N3S. The van der Waals surface area contributed by atoms with E-state index in [4.69, 9.17) is 15.0 Å². The summed E-state index contributed by atoms with van der Waals surface area (Å²) in [5, 5.41) is 0. The Balaban J connectivity index is 1.45. The van der Waals surface area contributed by atoms with Gasteiger partial charge >= 0.3 is 0 Å². The first-order chi connectivity index (χ1) is 21.7. The Kier molecular flexibility index (Phi) is 7.82. The molecule has 1 aliphatic heterocycles. The van der Waals surface area contributed by atoms with Crippen molar-refractivity contribution in [2.45, 2.75) is 16.2 Å². The molecule has 0 aliphatic carbocycles. The third-order valence-electron chi connectivity index (χ3n) is 7.61. The van der Waals surface area contributed by atoms with Gasteiger partial charge in [0.25, 0.3) is 0 Å². The minimum atomic E-state index is 0.654. The summed E-state index contributed by atoms with van der Waals surface area (Å²) in [4.78, 5) is 17.4. The van der Waals surface area contributed by atoms with Crippen LogP contribution in [-0.4, -0.2) is 15.0 Å². The zero-order chi connectivity index (χ0) is 29.7. The van der Waals surface area contributed by atoms with Crippen LogP contribution in [0.25, 0.3) is 50.9 Å². The van der Waals surface area contributed by atoms with Crippen LogP contribution in [-0.2, 0) is 6.42 Å². The highest BCUT2D eigenvalue weighted by molar-refractivity contribution is 7.99. The molecule has 0 N–H and O–H groups in total. The average Bonchev–Trinajstić information content (AvgIpc) is 3.10. The van der Waals surface area contributed by atoms with Gasteiger partial charge in [-0.15, -0.1) is 0 Å². The molecule has 0 spiro atoms. The van der Waals surface area contributed by atoms with Gasteiger partial charge in [0.2, 0.25) is 0 Å².